The van der Waals surface area contributed by atoms with E-state index in [1.807, 2.05) is 0 Å². The molecule has 0 aliphatic carbocycles. The van der Waals surface area contributed by atoms with Crippen LogP contribution in [0.5, 0.6) is 0 Å². The number of hydrogen-bond donors (Lipinski definition) is 0. The average Bonchev–Trinajstić information content (AvgIpc) is 2.42. The third-order valence-corrected chi connectivity index (χ3v) is 4.09. The van der Waals surface area contributed by atoms with Crippen LogP contribution in [0.3, 0.4) is 0 Å². The van der Waals surface area contributed by atoms with Crippen molar-refractivity contribution in [2.75, 3.05) is 0 Å². The van der Waals surface area contributed by atoms with Gasteiger partial charge in [0, 0.05) is 6.42 Å². The molecule has 0 bridgehead atoms. The van der Waals surface area contributed by atoms with Gasteiger partial charge in [0.15, 0.2) is 0 Å². The maximum absolute atomic E-state index is 12.4. The number of halogens is 3. The van der Waals surface area contributed by atoms with E-state index in [1.165, 1.54) is 64.2 Å². The first-order valence-corrected chi connectivity index (χ1v) is 9.42. The van der Waals surface area contributed by atoms with E-state index in [4.69, 9.17) is 11.6 Å². The molecule has 0 saturated carbocycles. The fourth-order valence-electron chi connectivity index (χ4n) is 2.65. The Bertz CT molecular complexity index is 264. The summed E-state index contributed by atoms with van der Waals surface area (Å²) in [5, 5.41) is -3.37. The van der Waals surface area contributed by atoms with Gasteiger partial charge >= 0.3 is 5.38 Å². The first-order valence-electron chi connectivity index (χ1n) is 9.04. The number of unbranched alkanes of at least 4 members (excludes halogenated alkanes) is 12. The molecule has 0 N–H and O–H groups in total. The van der Waals surface area contributed by atoms with Crippen molar-refractivity contribution in [3.63, 3.8) is 0 Å². The highest BCUT2D eigenvalue weighted by molar-refractivity contribution is 6.22. The molecule has 0 atom stereocenters. The monoisotopic (exact) mass is 338 g/mol. The second-order valence-electron chi connectivity index (χ2n) is 6.32. The van der Waals surface area contributed by atoms with Crippen LogP contribution >= 0.6 is 11.6 Å². The number of rotatable bonds is 16. The largest absolute Gasteiger partial charge is 0.328 e. The van der Waals surface area contributed by atoms with Gasteiger partial charge in [0.2, 0.25) is 0 Å². The molecule has 0 spiro atoms. The minimum absolute atomic E-state index is 0.236. The maximum Gasteiger partial charge on any atom is 0.328 e. The second kappa shape index (κ2) is 14.4. The van der Waals surface area contributed by atoms with Crippen molar-refractivity contribution in [3.05, 3.63) is 0 Å². The number of ketones is 1. The number of alkyl halides is 3. The molecule has 0 saturated heterocycles. The predicted molar refractivity (Wildman–Crippen MR) is 90.7 cm³/mol. The molecule has 132 valence electrons. The molecule has 0 radical (unpaired) electrons. The summed E-state index contributed by atoms with van der Waals surface area (Å²) in [6.45, 7) is 2.24. The Kier molecular flexibility index (Phi) is 14.3. The molecule has 0 aromatic carbocycles. The van der Waals surface area contributed by atoms with E-state index in [0.717, 1.165) is 12.8 Å². The van der Waals surface area contributed by atoms with Gasteiger partial charge in [-0.1, -0.05) is 84.0 Å². The highest BCUT2D eigenvalue weighted by atomic mass is 35.5. The quantitative estimate of drug-likeness (QED) is 0.214. The Morgan fingerprint density at radius 1 is 0.773 bits per heavy atom. The lowest BCUT2D eigenvalue weighted by atomic mass is 10.0. The van der Waals surface area contributed by atoms with Crippen LogP contribution < -0.4 is 0 Å². The molecule has 0 aromatic heterocycles. The van der Waals surface area contributed by atoms with Crippen molar-refractivity contribution < 1.29 is 13.6 Å². The molecule has 0 amide bonds. The summed E-state index contributed by atoms with van der Waals surface area (Å²) in [5.74, 6) is -0.428. The number of hydrogen-bond acceptors (Lipinski definition) is 1. The lowest BCUT2D eigenvalue weighted by Crippen LogP contribution is -2.13. The molecule has 0 heterocycles. The third-order valence-electron chi connectivity index (χ3n) is 3.96. The van der Waals surface area contributed by atoms with Crippen LogP contribution in [0.25, 0.3) is 0 Å². The smallest absolute Gasteiger partial charge is 0.299 e. The van der Waals surface area contributed by atoms with E-state index in [9.17, 15) is 13.6 Å². The SMILES string of the molecule is CCCCCCCCCCCCCCCC(=O)CC(F)(F)Cl. The van der Waals surface area contributed by atoms with Gasteiger partial charge in [0.1, 0.15) is 5.78 Å². The van der Waals surface area contributed by atoms with Gasteiger partial charge in [-0.3, -0.25) is 4.79 Å². The van der Waals surface area contributed by atoms with Crippen LogP contribution in [0.2, 0.25) is 0 Å². The minimum Gasteiger partial charge on any atom is -0.299 e. The van der Waals surface area contributed by atoms with Crippen LogP contribution in [0, 0.1) is 0 Å². The van der Waals surface area contributed by atoms with Gasteiger partial charge in [-0.05, 0) is 18.0 Å². The van der Waals surface area contributed by atoms with Crippen LogP contribution in [0.4, 0.5) is 8.78 Å². The van der Waals surface area contributed by atoms with E-state index in [-0.39, 0.29) is 6.42 Å². The number of Topliss-reactive ketones (excluding diaryl/α,β-unsaturated/α-hetero) is 1. The first-order chi connectivity index (χ1) is 10.5. The molecular weight excluding hydrogens is 306 g/mol. The second-order valence-corrected chi connectivity index (χ2v) is 6.88. The molecule has 22 heavy (non-hydrogen) atoms. The summed E-state index contributed by atoms with van der Waals surface area (Å²) in [6, 6.07) is 0. The Hall–Kier alpha value is -0.180. The topological polar surface area (TPSA) is 17.1 Å². The van der Waals surface area contributed by atoms with Crippen LogP contribution in [-0.4, -0.2) is 11.2 Å². The van der Waals surface area contributed by atoms with Crippen molar-refractivity contribution in [3.8, 4) is 0 Å². The summed E-state index contributed by atoms with van der Waals surface area (Å²) < 4.78 is 24.8. The molecule has 0 aliphatic heterocycles. The summed E-state index contributed by atoms with van der Waals surface area (Å²) in [7, 11) is 0. The maximum atomic E-state index is 12.4. The average molecular weight is 339 g/mol. The summed E-state index contributed by atoms with van der Waals surface area (Å²) >= 11 is 4.73. The van der Waals surface area contributed by atoms with E-state index in [2.05, 4.69) is 6.92 Å². The van der Waals surface area contributed by atoms with E-state index in [0.29, 0.717) is 6.42 Å². The molecule has 0 aromatic rings. The van der Waals surface area contributed by atoms with Gasteiger partial charge in [0.05, 0.1) is 6.42 Å². The van der Waals surface area contributed by atoms with Gasteiger partial charge in [-0.25, -0.2) is 0 Å². The zero-order chi connectivity index (χ0) is 16.7. The minimum atomic E-state index is -3.37. The summed E-state index contributed by atoms with van der Waals surface area (Å²) in [4.78, 5) is 11.2. The highest BCUT2D eigenvalue weighted by Crippen LogP contribution is 2.24. The fourth-order valence-corrected chi connectivity index (χ4v) is 2.80. The van der Waals surface area contributed by atoms with Crippen molar-refractivity contribution in [1.29, 1.82) is 0 Å². The first kappa shape index (κ1) is 21.8. The Morgan fingerprint density at radius 2 is 1.14 bits per heavy atom. The third kappa shape index (κ3) is 17.9. The predicted octanol–water partition coefficient (Wildman–Crippen LogP) is 7.26. The molecule has 0 rings (SSSR count). The Balaban J connectivity index is 3.16. The van der Waals surface area contributed by atoms with Gasteiger partial charge in [-0.15, -0.1) is 0 Å². The van der Waals surface area contributed by atoms with Crippen LogP contribution in [-0.2, 0) is 4.79 Å². The van der Waals surface area contributed by atoms with E-state index >= 15 is 0 Å². The van der Waals surface area contributed by atoms with Gasteiger partial charge in [0.25, 0.3) is 0 Å². The Morgan fingerprint density at radius 3 is 1.50 bits per heavy atom. The van der Waals surface area contributed by atoms with E-state index in [1.54, 1.807) is 0 Å². The standard InChI is InChI=1S/C18H33ClF2O/c1-2-3-4-5-6-7-8-9-10-11-12-13-14-15-17(22)16-18(19,20)21/h2-16H2,1H3. The van der Waals surface area contributed by atoms with Crippen molar-refractivity contribution >= 4 is 17.4 Å². The zero-order valence-corrected chi connectivity index (χ0v) is 14.9. The lowest BCUT2D eigenvalue weighted by Gasteiger charge is -2.06. The van der Waals surface area contributed by atoms with Crippen molar-refractivity contribution in [2.24, 2.45) is 0 Å². The lowest BCUT2D eigenvalue weighted by molar-refractivity contribution is -0.122. The van der Waals surface area contributed by atoms with Crippen molar-refractivity contribution in [1.82, 2.24) is 0 Å². The normalized spacial score (nSPS) is 11.8. The molecular formula is C18H33ClF2O. The van der Waals surface area contributed by atoms with Gasteiger partial charge < -0.3 is 0 Å². The van der Waals surface area contributed by atoms with Crippen LogP contribution in [0.15, 0.2) is 0 Å². The molecule has 4 heteroatoms. The van der Waals surface area contributed by atoms with Crippen LogP contribution in [0.1, 0.15) is 103 Å². The summed E-state index contributed by atoms with van der Waals surface area (Å²) in [5.41, 5.74) is 0. The molecule has 0 aliphatic rings. The number of carbonyl (C=O) groups is 1. The zero-order valence-electron chi connectivity index (χ0n) is 14.1. The Labute approximate surface area is 140 Å². The molecule has 0 unspecified atom stereocenters. The fraction of sp³-hybridized carbons (Fsp3) is 0.944. The van der Waals surface area contributed by atoms with Crippen molar-refractivity contribution in [2.45, 2.75) is 109 Å². The highest BCUT2D eigenvalue weighted by Gasteiger charge is 2.27. The number of carbonyl (C=O) groups excluding carboxylic acids is 1. The van der Waals surface area contributed by atoms with E-state index < -0.39 is 17.6 Å². The summed E-state index contributed by atoms with van der Waals surface area (Å²) in [6.07, 6.45) is 15.4. The van der Waals surface area contributed by atoms with Gasteiger partial charge in [-0.2, -0.15) is 8.78 Å². The molecule has 1 nitrogen and oxygen atoms in total. The molecule has 0 fully saturated rings.